The quantitative estimate of drug-likeness (QED) is 0.861. The van der Waals surface area contributed by atoms with E-state index in [2.05, 4.69) is 5.32 Å². The summed E-state index contributed by atoms with van der Waals surface area (Å²) < 4.78 is 38.6. The molecule has 0 aromatic heterocycles. The number of amides is 2. The fraction of sp³-hybridized carbons (Fsp3) is 0.500. The monoisotopic (exact) mass is 288 g/mol. The first-order valence-corrected chi connectivity index (χ1v) is 6.32. The molecule has 0 saturated heterocycles. The van der Waals surface area contributed by atoms with Gasteiger partial charge in [-0.2, -0.15) is 13.2 Å². The van der Waals surface area contributed by atoms with E-state index >= 15 is 0 Å². The van der Waals surface area contributed by atoms with E-state index in [0.717, 1.165) is 6.07 Å². The van der Waals surface area contributed by atoms with E-state index in [0.29, 0.717) is 6.54 Å². The van der Waals surface area contributed by atoms with Crippen LogP contribution in [0.1, 0.15) is 33.3 Å². The van der Waals surface area contributed by atoms with Crippen LogP contribution in [0.15, 0.2) is 24.3 Å². The molecule has 0 radical (unpaired) electrons. The lowest BCUT2D eigenvalue weighted by Gasteiger charge is -2.35. The zero-order valence-corrected chi connectivity index (χ0v) is 12.0. The van der Waals surface area contributed by atoms with Crippen LogP contribution in [0.5, 0.6) is 0 Å². The third-order valence-corrected chi connectivity index (χ3v) is 2.85. The zero-order valence-electron chi connectivity index (χ0n) is 12.0. The van der Waals surface area contributed by atoms with Crippen LogP contribution in [0.3, 0.4) is 0 Å². The van der Waals surface area contributed by atoms with E-state index in [1.165, 1.54) is 23.1 Å². The summed E-state index contributed by atoms with van der Waals surface area (Å²) >= 11 is 0. The van der Waals surface area contributed by atoms with Gasteiger partial charge in [0.25, 0.3) is 0 Å². The third-order valence-electron chi connectivity index (χ3n) is 2.85. The van der Waals surface area contributed by atoms with E-state index in [-0.39, 0.29) is 5.69 Å². The molecule has 0 unspecified atom stereocenters. The first-order valence-electron chi connectivity index (χ1n) is 6.32. The number of benzene rings is 1. The number of halogens is 3. The number of nitrogens with one attached hydrogen (secondary N) is 1. The summed E-state index contributed by atoms with van der Waals surface area (Å²) in [7, 11) is 0. The third kappa shape index (κ3) is 3.88. The average Bonchev–Trinajstić information content (AvgIpc) is 2.26. The molecule has 3 nitrogen and oxygen atoms in total. The molecule has 112 valence electrons. The SMILES string of the molecule is CCN(C(=O)Nc1ccccc1C(F)(F)F)C(C)(C)C. The van der Waals surface area contributed by atoms with Gasteiger partial charge in [-0.3, -0.25) is 0 Å². The summed E-state index contributed by atoms with van der Waals surface area (Å²) in [5, 5.41) is 2.34. The fourth-order valence-electron chi connectivity index (χ4n) is 1.94. The second-order valence-electron chi connectivity index (χ2n) is 5.39. The topological polar surface area (TPSA) is 32.3 Å². The number of alkyl halides is 3. The molecule has 1 rings (SSSR count). The predicted molar refractivity (Wildman–Crippen MR) is 72.6 cm³/mol. The van der Waals surface area contributed by atoms with E-state index in [4.69, 9.17) is 0 Å². The summed E-state index contributed by atoms with van der Waals surface area (Å²) in [5.74, 6) is 0. The number of urea groups is 1. The Balaban J connectivity index is 3.03. The minimum Gasteiger partial charge on any atom is -0.320 e. The Bertz CT molecular complexity index is 478. The summed E-state index contributed by atoms with van der Waals surface area (Å²) in [6, 6.07) is 4.40. The van der Waals surface area contributed by atoms with Gasteiger partial charge in [0.2, 0.25) is 0 Å². The van der Waals surface area contributed by atoms with Crippen molar-refractivity contribution in [1.29, 1.82) is 0 Å². The maximum absolute atomic E-state index is 12.9. The molecule has 0 saturated carbocycles. The fourth-order valence-corrected chi connectivity index (χ4v) is 1.94. The van der Waals surface area contributed by atoms with E-state index in [1.807, 2.05) is 20.8 Å². The lowest BCUT2D eigenvalue weighted by molar-refractivity contribution is -0.136. The molecule has 0 spiro atoms. The average molecular weight is 288 g/mol. The van der Waals surface area contributed by atoms with Crippen molar-refractivity contribution in [2.75, 3.05) is 11.9 Å². The van der Waals surface area contributed by atoms with Crippen LogP contribution in [0.2, 0.25) is 0 Å². The lowest BCUT2D eigenvalue weighted by Crippen LogP contribution is -2.47. The van der Waals surface area contributed by atoms with Gasteiger partial charge in [0, 0.05) is 12.1 Å². The summed E-state index contributed by atoms with van der Waals surface area (Å²) in [6.07, 6.45) is -4.50. The van der Waals surface area contributed by atoms with Crippen LogP contribution in [-0.2, 0) is 6.18 Å². The van der Waals surface area contributed by atoms with E-state index < -0.39 is 23.3 Å². The smallest absolute Gasteiger partial charge is 0.320 e. The van der Waals surface area contributed by atoms with Gasteiger partial charge in [0.15, 0.2) is 0 Å². The number of carbonyl (C=O) groups is 1. The van der Waals surface area contributed by atoms with Crippen LogP contribution >= 0.6 is 0 Å². The lowest BCUT2D eigenvalue weighted by atomic mass is 10.1. The maximum atomic E-state index is 12.9. The minimum absolute atomic E-state index is 0.229. The van der Waals surface area contributed by atoms with Crippen molar-refractivity contribution in [1.82, 2.24) is 4.90 Å². The van der Waals surface area contributed by atoms with E-state index in [9.17, 15) is 18.0 Å². The highest BCUT2D eigenvalue weighted by molar-refractivity contribution is 5.90. The molecule has 6 heteroatoms. The van der Waals surface area contributed by atoms with Crippen LogP contribution < -0.4 is 5.32 Å². The summed E-state index contributed by atoms with van der Waals surface area (Å²) in [4.78, 5) is 13.6. The van der Waals surface area contributed by atoms with Gasteiger partial charge in [-0.1, -0.05) is 12.1 Å². The molecule has 20 heavy (non-hydrogen) atoms. The molecule has 1 aromatic rings. The second kappa shape index (κ2) is 5.73. The molecule has 0 aliphatic rings. The Morgan fingerprint density at radius 2 is 1.75 bits per heavy atom. The van der Waals surface area contributed by atoms with Crippen molar-refractivity contribution >= 4 is 11.7 Å². The Hall–Kier alpha value is -1.72. The minimum atomic E-state index is -4.50. The first-order chi connectivity index (χ1) is 9.07. The molecule has 0 fully saturated rings. The van der Waals surface area contributed by atoms with Crippen LogP contribution in [0.25, 0.3) is 0 Å². The number of rotatable bonds is 2. The molecule has 0 heterocycles. The molecular weight excluding hydrogens is 269 g/mol. The highest BCUT2D eigenvalue weighted by Gasteiger charge is 2.34. The normalized spacial score (nSPS) is 12.2. The number of anilines is 1. The van der Waals surface area contributed by atoms with Crippen molar-refractivity contribution in [3.63, 3.8) is 0 Å². The number of nitrogens with zero attached hydrogens (tertiary/aromatic N) is 1. The maximum Gasteiger partial charge on any atom is 0.418 e. The van der Waals surface area contributed by atoms with Gasteiger partial charge < -0.3 is 10.2 Å². The second-order valence-corrected chi connectivity index (χ2v) is 5.39. The molecule has 0 aliphatic carbocycles. The number of hydrogen-bond donors (Lipinski definition) is 1. The van der Waals surface area contributed by atoms with Gasteiger partial charge in [-0.05, 0) is 39.8 Å². The standard InChI is InChI=1S/C14H19F3N2O/c1-5-19(13(2,3)4)12(20)18-11-9-7-6-8-10(11)14(15,16)17/h6-9H,5H2,1-4H3,(H,18,20). The summed E-state index contributed by atoms with van der Waals surface area (Å²) in [6.45, 7) is 7.66. The molecule has 0 aliphatic heterocycles. The van der Waals surface area contributed by atoms with Gasteiger partial charge in [-0.25, -0.2) is 4.79 Å². The Kier molecular flexibility index (Phi) is 4.68. The molecule has 1 aromatic carbocycles. The summed E-state index contributed by atoms with van der Waals surface area (Å²) in [5.41, 5.74) is -1.54. The van der Waals surface area contributed by atoms with E-state index in [1.54, 1.807) is 6.92 Å². The van der Waals surface area contributed by atoms with Crippen molar-refractivity contribution in [3.8, 4) is 0 Å². The Morgan fingerprint density at radius 3 is 2.20 bits per heavy atom. The van der Waals surface area contributed by atoms with Crippen molar-refractivity contribution in [2.24, 2.45) is 0 Å². The van der Waals surface area contributed by atoms with Crippen LogP contribution in [0, 0.1) is 0 Å². The Morgan fingerprint density at radius 1 is 1.20 bits per heavy atom. The highest BCUT2D eigenvalue weighted by Crippen LogP contribution is 2.34. The number of carbonyl (C=O) groups excluding carboxylic acids is 1. The molecule has 1 N–H and O–H groups in total. The van der Waals surface area contributed by atoms with Gasteiger partial charge >= 0.3 is 12.2 Å². The van der Waals surface area contributed by atoms with Crippen LogP contribution in [0.4, 0.5) is 23.7 Å². The van der Waals surface area contributed by atoms with Crippen LogP contribution in [-0.4, -0.2) is 23.0 Å². The Labute approximate surface area is 116 Å². The zero-order chi connectivity index (χ0) is 15.6. The molecule has 0 bridgehead atoms. The molecular formula is C14H19F3N2O. The number of hydrogen-bond acceptors (Lipinski definition) is 1. The molecule has 2 amide bonds. The van der Waals surface area contributed by atoms with Crippen molar-refractivity contribution < 1.29 is 18.0 Å². The van der Waals surface area contributed by atoms with Gasteiger partial charge in [0.05, 0.1) is 11.3 Å². The predicted octanol–water partition coefficient (Wildman–Crippen LogP) is 4.36. The highest BCUT2D eigenvalue weighted by atomic mass is 19.4. The van der Waals surface area contributed by atoms with Crippen molar-refractivity contribution in [3.05, 3.63) is 29.8 Å². The largest absolute Gasteiger partial charge is 0.418 e. The van der Waals surface area contributed by atoms with Crippen molar-refractivity contribution in [2.45, 2.75) is 39.4 Å². The first kappa shape index (κ1) is 16.3. The van der Waals surface area contributed by atoms with Gasteiger partial charge in [-0.15, -0.1) is 0 Å². The number of para-hydroxylation sites is 1. The molecule has 0 atom stereocenters. The van der Waals surface area contributed by atoms with Gasteiger partial charge in [0.1, 0.15) is 0 Å².